The van der Waals surface area contributed by atoms with Crippen LogP contribution in [-0.4, -0.2) is 34.2 Å². The number of anilines is 2. The molecule has 7 nitrogen and oxygen atoms in total. The monoisotopic (exact) mass is 418 g/mol. The van der Waals surface area contributed by atoms with Crippen LogP contribution >= 0.6 is 0 Å². The molecule has 4 aliphatic carbocycles. The van der Waals surface area contributed by atoms with Gasteiger partial charge in [-0.3, -0.25) is 0 Å². The molecule has 5 N–H and O–H groups in total. The van der Waals surface area contributed by atoms with Gasteiger partial charge in [0.1, 0.15) is 23.2 Å². The van der Waals surface area contributed by atoms with Gasteiger partial charge in [-0.2, -0.15) is 10.2 Å². The standard InChI is InChI=1S/C24H30N6O/c25-12-19-13-28-23(27-6-5-15-1-3-20(31)4-2-15)30-22(19)29-14-24-9-16-7-17(10-24)21(26)18(8-16)11-24/h1-4,13,16-18,21,31H,5-11,14,26H2,(H2,27,28,29,30)/t16?,17-,18+,21-,24-. The predicted octanol–water partition coefficient (Wildman–Crippen LogP) is 3.27. The van der Waals surface area contributed by atoms with Crippen molar-refractivity contribution in [2.45, 2.75) is 44.6 Å². The SMILES string of the molecule is N#Cc1cnc(NCCc2ccc(O)cc2)nc1NC[C@]12CC3C[C@H](C1)[C@@H](N)[C@@H](C3)C2. The topological polar surface area (TPSA) is 120 Å². The third-order valence-electron chi connectivity index (χ3n) is 7.65. The summed E-state index contributed by atoms with van der Waals surface area (Å²) in [4.78, 5) is 8.90. The van der Waals surface area contributed by atoms with Gasteiger partial charge in [-0.25, -0.2) is 4.98 Å². The van der Waals surface area contributed by atoms with Crippen LogP contribution in [0, 0.1) is 34.5 Å². The summed E-state index contributed by atoms with van der Waals surface area (Å²) in [5.74, 6) is 3.54. The van der Waals surface area contributed by atoms with Crippen LogP contribution in [-0.2, 0) is 6.42 Å². The maximum absolute atomic E-state index is 9.52. The Hall–Kier alpha value is -2.85. The maximum Gasteiger partial charge on any atom is 0.224 e. The Morgan fingerprint density at radius 1 is 1.13 bits per heavy atom. The number of rotatable bonds is 7. The lowest BCUT2D eigenvalue weighted by molar-refractivity contribution is -0.0591. The first-order chi connectivity index (χ1) is 15.0. The van der Waals surface area contributed by atoms with E-state index in [1.807, 2.05) is 12.1 Å². The number of nitrogens with one attached hydrogen (secondary N) is 2. The third-order valence-corrected chi connectivity index (χ3v) is 7.65. The maximum atomic E-state index is 9.52. The highest BCUT2D eigenvalue weighted by Gasteiger charge is 2.54. The van der Waals surface area contributed by atoms with Gasteiger partial charge in [0.05, 0.1) is 6.20 Å². The molecule has 0 amide bonds. The quantitative estimate of drug-likeness (QED) is 0.545. The van der Waals surface area contributed by atoms with Gasteiger partial charge in [0.15, 0.2) is 0 Å². The van der Waals surface area contributed by atoms with Gasteiger partial charge < -0.3 is 21.5 Å². The van der Waals surface area contributed by atoms with E-state index >= 15 is 0 Å². The Kier molecular flexibility index (Phi) is 5.19. The predicted molar refractivity (Wildman–Crippen MR) is 120 cm³/mol. The molecule has 0 aliphatic heterocycles. The Labute approximate surface area is 183 Å². The highest BCUT2D eigenvalue weighted by Crippen LogP contribution is 2.59. The molecule has 5 atom stereocenters. The second-order valence-corrected chi connectivity index (χ2v) is 9.81. The number of hydrogen-bond acceptors (Lipinski definition) is 7. The summed E-state index contributed by atoms with van der Waals surface area (Å²) < 4.78 is 0. The van der Waals surface area contributed by atoms with Crippen LogP contribution in [0.2, 0.25) is 0 Å². The van der Waals surface area contributed by atoms with Gasteiger partial charge in [-0.15, -0.1) is 0 Å². The van der Waals surface area contributed by atoms with Gasteiger partial charge in [-0.1, -0.05) is 12.1 Å². The first kappa shape index (κ1) is 20.1. The summed E-state index contributed by atoms with van der Waals surface area (Å²) in [5, 5.41) is 25.7. The molecule has 4 saturated carbocycles. The smallest absolute Gasteiger partial charge is 0.224 e. The highest BCUT2D eigenvalue weighted by molar-refractivity contribution is 5.53. The van der Waals surface area contributed by atoms with Crippen LogP contribution < -0.4 is 16.4 Å². The fraction of sp³-hybridized carbons (Fsp3) is 0.542. The summed E-state index contributed by atoms with van der Waals surface area (Å²) in [6.07, 6.45) is 8.63. The summed E-state index contributed by atoms with van der Waals surface area (Å²) in [5.41, 5.74) is 8.38. The average Bonchev–Trinajstić information content (AvgIpc) is 2.77. The molecule has 1 aromatic carbocycles. The first-order valence-electron chi connectivity index (χ1n) is 11.3. The summed E-state index contributed by atoms with van der Waals surface area (Å²) in [7, 11) is 0. The average molecular weight is 419 g/mol. The molecule has 1 heterocycles. The van der Waals surface area contributed by atoms with Crippen molar-refractivity contribution in [3.05, 3.63) is 41.6 Å². The number of benzene rings is 1. The zero-order chi connectivity index (χ0) is 21.4. The van der Waals surface area contributed by atoms with Crippen LogP contribution in [0.4, 0.5) is 11.8 Å². The van der Waals surface area contributed by atoms with E-state index in [2.05, 4.69) is 26.7 Å². The van der Waals surface area contributed by atoms with E-state index < -0.39 is 0 Å². The lowest BCUT2D eigenvalue weighted by atomic mass is 9.48. The molecule has 1 aromatic heterocycles. The normalized spacial score (nSPS) is 30.7. The van der Waals surface area contributed by atoms with Crippen molar-refractivity contribution in [1.29, 1.82) is 5.26 Å². The van der Waals surface area contributed by atoms with Crippen LogP contribution in [0.5, 0.6) is 5.75 Å². The molecule has 0 radical (unpaired) electrons. The van der Waals surface area contributed by atoms with Crippen molar-refractivity contribution < 1.29 is 5.11 Å². The third kappa shape index (κ3) is 4.05. The number of phenols is 1. The van der Waals surface area contributed by atoms with E-state index in [9.17, 15) is 10.4 Å². The number of nitrogens with zero attached hydrogens (tertiary/aromatic N) is 3. The lowest BCUT2D eigenvalue weighted by Gasteiger charge is -2.59. The second kappa shape index (κ2) is 8.01. The van der Waals surface area contributed by atoms with Gasteiger partial charge >= 0.3 is 0 Å². The van der Waals surface area contributed by atoms with Crippen LogP contribution in [0.25, 0.3) is 0 Å². The number of aromatic hydroxyl groups is 1. The van der Waals surface area contributed by atoms with Crippen molar-refractivity contribution in [1.82, 2.24) is 9.97 Å². The van der Waals surface area contributed by atoms with Crippen LogP contribution in [0.3, 0.4) is 0 Å². The fourth-order valence-electron chi connectivity index (χ4n) is 6.38. The minimum atomic E-state index is 0.267. The lowest BCUT2D eigenvalue weighted by Crippen LogP contribution is -2.58. The van der Waals surface area contributed by atoms with Gasteiger partial charge in [0.25, 0.3) is 0 Å². The van der Waals surface area contributed by atoms with Crippen molar-refractivity contribution in [3.8, 4) is 11.8 Å². The van der Waals surface area contributed by atoms with Gasteiger partial charge in [0.2, 0.25) is 5.95 Å². The Morgan fingerprint density at radius 3 is 2.58 bits per heavy atom. The molecule has 4 fully saturated rings. The molecule has 0 saturated heterocycles. The van der Waals surface area contributed by atoms with E-state index in [0.717, 1.165) is 24.4 Å². The molecule has 31 heavy (non-hydrogen) atoms. The first-order valence-corrected chi connectivity index (χ1v) is 11.3. The molecule has 0 spiro atoms. The number of nitriles is 1. The fourth-order valence-corrected chi connectivity index (χ4v) is 6.38. The van der Waals surface area contributed by atoms with Gasteiger partial charge in [0, 0.05) is 19.1 Å². The molecular formula is C24H30N6O. The molecule has 7 heteroatoms. The summed E-state index contributed by atoms with van der Waals surface area (Å²) in [6, 6.07) is 9.78. The van der Waals surface area contributed by atoms with Gasteiger partial charge in [-0.05, 0) is 79.4 Å². The Bertz CT molecular complexity index is 969. The molecule has 162 valence electrons. The number of nitrogens with two attached hydrogens (primary N) is 1. The molecular weight excluding hydrogens is 388 g/mol. The second-order valence-electron chi connectivity index (χ2n) is 9.81. The molecule has 2 aromatic rings. The molecule has 4 bridgehead atoms. The number of phenolic OH excluding ortho intramolecular Hbond substituents is 1. The Balaban J connectivity index is 1.23. The molecule has 1 unspecified atom stereocenters. The van der Waals surface area contributed by atoms with Crippen molar-refractivity contribution >= 4 is 11.8 Å². The molecule has 6 rings (SSSR count). The zero-order valence-corrected chi connectivity index (χ0v) is 17.7. The summed E-state index contributed by atoms with van der Waals surface area (Å²) in [6.45, 7) is 1.52. The van der Waals surface area contributed by atoms with Crippen molar-refractivity contribution in [3.63, 3.8) is 0 Å². The number of hydrogen-bond donors (Lipinski definition) is 4. The largest absolute Gasteiger partial charge is 0.508 e. The van der Waals surface area contributed by atoms with Crippen molar-refractivity contribution in [2.24, 2.45) is 28.9 Å². The van der Waals surface area contributed by atoms with E-state index in [4.69, 9.17) is 5.73 Å². The minimum absolute atomic E-state index is 0.267. The van der Waals surface area contributed by atoms with E-state index in [1.54, 1.807) is 18.3 Å². The Morgan fingerprint density at radius 2 is 1.87 bits per heavy atom. The van der Waals surface area contributed by atoms with Crippen LogP contribution in [0.15, 0.2) is 30.5 Å². The zero-order valence-electron chi connectivity index (χ0n) is 17.7. The highest BCUT2D eigenvalue weighted by atomic mass is 16.3. The van der Waals surface area contributed by atoms with Crippen LogP contribution in [0.1, 0.15) is 43.2 Å². The minimum Gasteiger partial charge on any atom is -0.508 e. The van der Waals surface area contributed by atoms with E-state index in [1.165, 1.54) is 32.1 Å². The number of aromatic nitrogens is 2. The summed E-state index contributed by atoms with van der Waals surface area (Å²) >= 11 is 0. The van der Waals surface area contributed by atoms with E-state index in [0.29, 0.717) is 41.8 Å². The van der Waals surface area contributed by atoms with E-state index in [-0.39, 0.29) is 11.2 Å². The van der Waals surface area contributed by atoms with Crippen molar-refractivity contribution in [2.75, 3.05) is 23.7 Å². The molecule has 4 aliphatic rings.